The molecule has 1 aliphatic rings. The Bertz CT molecular complexity index is 407. The van der Waals surface area contributed by atoms with Crippen molar-refractivity contribution in [2.24, 2.45) is 0 Å². The highest BCUT2D eigenvalue weighted by Crippen LogP contribution is 2.21. The summed E-state index contributed by atoms with van der Waals surface area (Å²) < 4.78 is 0. The maximum Gasteiger partial charge on any atom is 0.483 e. The summed E-state index contributed by atoms with van der Waals surface area (Å²) in [6, 6.07) is 7.70. The van der Waals surface area contributed by atoms with Crippen molar-refractivity contribution in [2.45, 2.75) is 6.42 Å². The smallest absolute Gasteiger partial charge is 0.423 e. The predicted octanol–water partition coefficient (Wildman–Crippen LogP) is 0.417. The van der Waals surface area contributed by atoms with Gasteiger partial charge in [0.1, 0.15) is 0 Å². The van der Waals surface area contributed by atoms with Crippen molar-refractivity contribution >= 4 is 18.5 Å². The van der Waals surface area contributed by atoms with Gasteiger partial charge in [-0.05, 0) is 30.1 Å². The number of nitrogens with two attached hydrogens (primary N) is 1. The van der Waals surface area contributed by atoms with Crippen LogP contribution >= 0.6 is 0 Å². The Morgan fingerprint density at radius 1 is 1.31 bits per heavy atom. The second-order valence-electron chi connectivity index (χ2n) is 3.94. The zero-order valence-electron chi connectivity index (χ0n) is 9.00. The summed E-state index contributed by atoms with van der Waals surface area (Å²) in [5.74, 6) is 0. The number of nitrogens with zero attached hydrogens (tertiary/aromatic N) is 1. The van der Waals surface area contributed by atoms with Crippen molar-refractivity contribution in [2.75, 3.05) is 23.7 Å². The Hall–Kier alpha value is -1.46. The van der Waals surface area contributed by atoms with E-state index in [2.05, 4.69) is 4.90 Å². The van der Waals surface area contributed by atoms with Crippen molar-refractivity contribution < 1.29 is 10.0 Å². The zero-order chi connectivity index (χ0) is 11.5. The fourth-order valence-corrected chi connectivity index (χ4v) is 1.88. The second kappa shape index (κ2) is 4.59. The lowest BCUT2D eigenvalue weighted by Crippen LogP contribution is -2.32. The third kappa shape index (κ3) is 2.37. The summed E-state index contributed by atoms with van der Waals surface area (Å²) >= 11 is 0. The van der Waals surface area contributed by atoms with Gasteiger partial charge in [0.05, 0.1) is 0 Å². The van der Waals surface area contributed by atoms with E-state index in [0.29, 0.717) is 18.4 Å². The van der Waals surface area contributed by atoms with Crippen molar-refractivity contribution in [3.63, 3.8) is 0 Å². The lowest BCUT2D eigenvalue weighted by Gasteiger charge is -2.28. The molecule has 0 fully saturated rings. The van der Waals surface area contributed by atoms with Crippen LogP contribution < -0.4 is 10.6 Å². The molecule has 0 aliphatic carbocycles. The van der Waals surface area contributed by atoms with Crippen LogP contribution in [0.25, 0.3) is 0 Å². The standard InChI is InChI=1S/C11H15BN2O2/c13-10-2-1-3-11(8-10)14-6-4-9(5-7-14)12(15)16/h1-4,8,15-16H,5-7,13H2. The van der Waals surface area contributed by atoms with Gasteiger partial charge in [-0.15, -0.1) is 0 Å². The number of benzene rings is 1. The first-order valence-electron chi connectivity index (χ1n) is 5.32. The third-order valence-electron chi connectivity index (χ3n) is 2.81. The maximum atomic E-state index is 9.03. The van der Waals surface area contributed by atoms with E-state index in [4.69, 9.17) is 15.8 Å². The van der Waals surface area contributed by atoms with Crippen LogP contribution in [-0.4, -0.2) is 30.3 Å². The van der Waals surface area contributed by atoms with Crippen LogP contribution in [0.4, 0.5) is 11.4 Å². The average molecular weight is 218 g/mol. The van der Waals surface area contributed by atoms with Crippen LogP contribution in [0.3, 0.4) is 0 Å². The lowest BCUT2D eigenvalue weighted by atomic mass is 9.76. The van der Waals surface area contributed by atoms with Gasteiger partial charge in [-0.1, -0.05) is 12.1 Å². The molecule has 1 heterocycles. The number of rotatable bonds is 2. The Kier molecular flexibility index (Phi) is 3.17. The minimum atomic E-state index is -1.32. The van der Waals surface area contributed by atoms with Gasteiger partial charge in [-0.25, -0.2) is 0 Å². The molecule has 84 valence electrons. The summed E-state index contributed by atoms with van der Waals surface area (Å²) in [5, 5.41) is 18.1. The Labute approximate surface area is 95.1 Å². The Morgan fingerprint density at radius 2 is 2.12 bits per heavy atom. The van der Waals surface area contributed by atoms with Gasteiger partial charge in [-0.3, -0.25) is 0 Å². The van der Waals surface area contributed by atoms with Gasteiger partial charge >= 0.3 is 7.12 Å². The molecule has 0 spiro atoms. The Balaban J connectivity index is 2.10. The summed E-state index contributed by atoms with van der Waals surface area (Å²) in [6.07, 6.45) is 2.53. The van der Waals surface area contributed by atoms with E-state index >= 15 is 0 Å². The molecule has 0 unspecified atom stereocenters. The number of anilines is 2. The molecule has 0 saturated heterocycles. The molecule has 5 heteroatoms. The summed E-state index contributed by atoms with van der Waals surface area (Å²) in [5.41, 5.74) is 8.23. The molecule has 0 bridgehead atoms. The van der Waals surface area contributed by atoms with Gasteiger partial charge in [0.15, 0.2) is 0 Å². The van der Waals surface area contributed by atoms with Crippen LogP contribution in [0, 0.1) is 0 Å². The van der Waals surface area contributed by atoms with E-state index in [1.807, 2.05) is 30.3 Å². The average Bonchev–Trinajstić information content (AvgIpc) is 2.29. The first-order chi connectivity index (χ1) is 7.66. The van der Waals surface area contributed by atoms with Crippen LogP contribution in [0.5, 0.6) is 0 Å². The molecule has 0 saturated carbocycles. The number of nitrogen functional groups attached to an aromatic ring is 1. The van der Waals surface area contributed by atoms with E-state index in [9.17, 15) is 0 Å². The van der Waals surface area contributed by atoms with Crippen molar-refractivity contribution in [1.29, 1.82) is 0 Å². The fourth-order valence-electron chi connectivity index (χ4n) is 1.88. The van der Waals surface area contributed by atoms with Gasteiger partial charge in [0, 0.05) is 24.5 Å². The van der Waals surface area contributed by atoms with Crippen LogP contribution in [0.2, 0.25) is 0 Å². The quantitative estimate of drug-likeness (QED) is 0.497. The topological polar surface area (TPSA) is 69.7 Å². The Morgan fingerprint density at radius 3 is 2.69 bits per heavy atom. The molecule has 0 radical (unpaired) electrons. The lowest BCUT2D eigenvalue weighted by molar-refractivity contribution is 0.415. The normalized spacial score (nSPS) is 15.9. The molecule has 16 heavy (non-hydrogen) atoms. The van der Waals surface area contributed by atoms with E-state index in [0.717, 1.165) is 17.9 Å². The SMILES string of the molecule is Nc1cccc(N2CC=C(B(O)O)CC2)c1. The first-order valence-corrected chi connectivity index (χ1v) is 5.32. The van der Waals surface area contributed by atoms with Crippen LogP contribution in [0.1, 0.15) is 6.42 Å². The molecule has 0 amide bonds. The molecule has 2 rings (SSSR count). The van der Waals surface area contributed by atoms with E-state index in [1.54, 1.807) is 0 Å². The molecule has 0 aromatic heterocycles. The molecular formula is C11H15BN2O2. The molecule has 4 nitrogen and oxygen atoms in total. The number of hydrogen-bond acceptors (Lipinski definition) is 4. The molecule has 0 atom stereocenters. The predicted molar refractivity (Wildman–Crippen MR) is 66.0 cm³/mol. The van der Waals surface area contributed by atoms with Crippen molar-refractivity contribution in [3.05, 3.63) is 35.8 Å². The molecule has 1 aromatic rings. The molecular weight excluding hydrogens is 203 g/mol. The van der Waals surface area contributed by atoms with Gasteiger partial charge in [0.2, 0.25) is 0 Å². The largest absolute Gasteiger partial charge is 0.483 e. The van der Waals surface area contributed by atoms with E-state index in [1.165, 1.54) is 0 Å². The molecule has 1 aromatic carbocycles. The van der Waals surface area contributed by atoms with Gasteiger partial charge in [-0.2, -0.15) is 0 Å². The van der Waals surface area contributed by atoms with Crippen molar-refractivity contribution in [1.82, 2.24) is 0 Å². The monoisotopic (exact) mass is 218 g/mol. The highest BCUT2D eigenvalue weighted by molar-refractivity contribution is 6.50. The minimum Gasteiger partial charge on any atom is -0.423 e. The van der Waals surface area contributed by atoms with E-state index < -0.39 is 7.12 Å². The molecule has 4 N–H and O–H groups in total. The highest BCUT2D eigenvalue weighted by atomic mass is 16.4. The van der Waals surface area contributed by atoms with Gasteiger partial charge < -0.3 is 20.7 Å². The summed E-state index contributed by atoms with van der Waals surface area (Å²) in [6.45, 7) is 1.48. The summed E-state index contributed by atoms with van der Waals surface area (Å²) in [7, 11) is -1.32. The van der Waals surface area contributed by atoms with Crippen LogP contribution in [-0.2, 0) is 0 Å². The maximum absolute atomic E-state index is 9.03. The van der Waals surface area contributed by atoms with Gasteiger partial charge in [0.25, 0.3) is 0 Å². The highest BCUT2D eigenvalue weighted by Gasteiger charge is 2.19. The first kappa shape index (κ1) is 11.0. The van der Waals surface area contributed by atoms with E-state index in [-0.39, 0.29) is 0 Å². The fraction of sp³-hybridized carbons (Fsp3) is 0.273. The van der Waals surface area contributed by atoms with Crippen molar-refractivity contribution in [3.8, 4) is 0 Å². The number of hydrogen-bond donors (Lipinski definition) is 3. The summed E-state index contributed by atoms with van der Waals surface area (Å²) in [4.78, 5) is 2.15. The second-order valence-corrected chi connectivity index (χ2v) is 3.94. The third-order valence-corrected chi connectivity index (χ3v) is 2.81. The minimum absolute atomic E-state index is 0.673. The molecule has 1 aliphatic heterocycles. The van der Waals surface area contributed by atoms with Crippen LogP contribution in [0.15, 0.2) is 35.8 Å². The zero-order valence-corrected chi connectivity index (χ0v) is 9.00.